The molecule has 2 aliphatic carbocycles. The molecule has 0 heterocycles. The Kier molecular flexibility index (Phi) is 2.51. The van der Waals surface area contributed by atoms with Crippen LogP contribution in [0.15, 0.2) is 42.0 Å². The molecule has 1 unspecified atom stereocenters. The quantitative estimate of drug-likeness (QED) is 0.681. The molecular formula is C17H18. The molecule has 17 heavy (non-hydrogen) atoms. The fraction of sp³-hybridized carbons (Fsp3) is 0.294. The first kappa shape index (κ1) is 10.6. The fourth-order valence-corrected chi connectivity index (χ4v) is 2.97. The van der Waals surface area contributed by atoms with Crippen molar-refractivity contribution in [1.29, 1.82) is 0 Å². The van der Waals surface area contributed by atoms with Crippen LogP contribution in [0.3, 0.4) is 0 Å². The molecule has 1 aromatic rings. The Labute approximate surface area is 103 Å². The van der Waals surface area contributed by atoms with Crippen LogP contribution >= 0.6 is 0 Å². The molecule has 0 aromatic heterocycles. The monoisotopic (exact) mass is 222 g/mol. The van der Waals surface area contributed by atoms with Gasteiger partial charge in [0.15, 0.2) is 0 Å². The first-order chi connectivity index (χ1) is 8.25. The summed E-state index contributed by atoms with van der Waals surface area (Å²) in [4.78, 5) is 0. The first-order valence-corrected chi connectivity index (χ1v) is 6.38. The van der Waals surface area contributed by atoms with Crippen molar-refractivity contribution in [2.24, 2.45) is 0 Å². The number of fused-ring (bicyclic) bond motifs is 1. The average molecular weight is 222 g/mol. The smallest absolute Gasteiger partial charge is 0.00673 e. The second-order valence-electron chi connectivity index (χ2n) is 5.15. The van der Waals surface area contributed by atoms with Gasteiger partial charge in [0.05, 0.1) is 0 Å². The molecule has 0 heteroatoms. The molecule has 0 fully saturated rings. The van der Waals surface area contributed by atoms with Crippen molar-refractivity contribution in [3.05, 3.63) is 64.3 Å². The van der Waals surface area contributed by atoms with Gasteiger partial charge in [-0.15, -0.1) is 0 Å². The van der Waals surface area contributed by atoms with Crippen LogP contribution in [0, 0.1) is 13.8 Å². The van der Waals surface area contributed by atoms with Crippen LogP contribution in [-0.4, -0.2) is 0 Å². The lowest BCUT2D eigenvalue weighted by molar-refractivity contribution is 0.817. The van der Waals surface area contributed by atoms with Crippen LogP contribution in [-0.2, 0) is 0 Å². The van der Waals surface area contributed by atoms with Crippen molar-refractivity contribution < 1.29 is 0 Å². The molecule has 0 nitrogen and oxygen atoms in total. The van der Waals surface area contributed by atoms with Crippen molar-refractivity contribution in [2.75, 3.05) is 0 Å². The zero-order chi connectivity index (χ0) is 11.8. The number of allylic oxidation sites excluding steroid dienone is 5. The van der Waals surface area contributed by atoms with Gasteiger partial charge >= 0.3 is 0 Å². The normalized spacial score (nSPS) is 20.8. The van der Waals surface area contributed by atoms with E-state index in [2.05, 4.69) is 56.4 Å². The number of hydrogen-bond donors (Lipinski definition) is 0. The van der Waals surface area contributed by atoms with Crippen molar-refractivity contribution in [2.45, 2.75) is 32.6 Å². The summed E-state index contributed by atoms with van der Waals surface area (Å²) < 4.78 is 0. The maximum Gasteiger partial charge on any atom is 0.00673 e. The van der Waals surface area contributed by atoms with Crippen molar-refractivity contribution >= 4 is 6.08 Å². The molecule has 0 bridgehead atoms. The molecule has 0 saturated carbocycles. The summed E-state index contributed by atoms with van der Waals surface area (Å²) in [6, 6.07) is 4.49. The Hall–Kier alpha value is -1.56. The highest BCUT2D eigenvalue weighted by molar-refractivity contribution is 5.67. The number of rotatable bonds is 2. The molecule has 0 N–H and O–H groups in total. The van der Waals surface area contributed by atoms with Gasteiger partial charge in [-0.3, -0.25) is 0 Å². The summed E-state index contributed by atoms with van der Waals surface area (Å²) in [6.07, 6.45) is 13.7. The molecule has 0 saturated heterocycles. The lowest BCUT2D eigenvalue weighted by Gasteiger charge is -2.15. The lowest BCUT2D eigenvalue weighted by atomic mass is 9.89. The largest absolute Gasteiger partial charge is 0.0805 e. The minimum atomic E-state index is 0.594. The summed E-state index contributed by atoms with van der Waals surface area (Å²) in [5, 5.41) is 0. The molecule has 0 amide bonds. The van der Waals surface area contributed by atoms with Gasteiger partial charge in [0.1, 0.15) is 0 Å². The summed E-state index contributed by atoms with van der Waals surface area (Å²) in [5.74, 6) is 0.594. The third-order valence-electron chi connectivity index (χ3n) is 3.92. The van der Waals surface area contributed by atoms with Gasteiger partial charge in [0.2, 0.25) is 0 Å². The van der Waals surface area contributed by atoms with Crippen LogP contribution < -0.4 is 0 Å². The summed E-state index contributed by atoms with van der Waals surface area (Å²) in [7, 11) is 0. The molecule has 0 spiro atoms. The topological polar surface area (TPSA) is 0 Å². The van der Waals surface area contributed by atoms with Gasteiger partial charge in [0.25, 0.3) is 0 Å². The Morgan fingerprint density at radius 2 is 2.00 bits per heavy atom. The molecule has 3 rings (SSSR count). The lowest BCUT2D eigenvalue weighted by Crippen LogP contribution is -1.99. The van der Waals surface area contributed by atoms with Gasteiger partial charge in [-0.05, 0) is 48.9 Å². The molecular weight excluding hydrogens is 204 g/mol. The van der Waals surface area contributed by atoms with E-state index >= 15 is 0 Å². The highest BCUT2D eigenvalue weighted by Crippen LogP contribution is 2.39. The first-order valence-electron chi connectivity index (χ1n) is 6.38. The number of benzene rings is 1. The minimum absolute atomic E-state index is 0.594. The Balaban J connectivity index is 1.93. The summed E-state index contributed by atoms with van der Waals surface area (Å²) >= 11 is 0. The van der Waals surface area contributed by atoms with E-state index in [0.29, 0.717) is 5.92 Å². The third-order valence-corrected chi connectivity index (χ3v) is 3.92. The van der Waals surface area contributed by atoms with Crippen molar-refractivity contribution in [1.82, 2.24) is 0 Å². The standard InChI is InChI=1S/C17H18/c1-12-7-8-13(2)17-15(9-10-16(12)17)11-14-5-3-4-6-14/h3-5,7-10,15H,6,11H2,1-2H3. The molecule has 1 aromatic carbocycles. The molecule has 1 atom stereocenters. The van der Waals surface area contributed by atoms with Gasteiger partial charge in [0, 0.05) is 5.92 Å². The van der Waals surface area contributed by atoms with Crippen LogP contribution in [0.4, 0.5) is 0 Å². The summed E-state index contributed by atoms with van der Waals surface area (Å²) in [6.45, 7) is 4.45. The van der Waals surface area contributed by atoms with E-state index in [9.17, 15) is 0 Å². The Bertz CT molecular complexity index is 541. The maximum absolute atomic E-state index is 2.38. The third kappa shape index (κ3) is 1.78. The second kappa shape index (κ2) is 4.03. The predicted octanol–water partition coefficient (Wildman–Crippen LogP) is 4.69. The molecule has 0 aliphatic heterocycles. The van der Waals surface area contributed by atoms with Crippen molar-refractivity contribution in [3.63, 3.8) is 0 Å². The van der Waals surface area contributed by atoms with E-state index < -0.39 is 0 Å². The Morgan fingerprint density at radius 3 is 2.76 bits per heavy atom. The van der Waals surface area contributed by atoms with E-state index in [4.69, 9.17) is 0 Å². The molecule has 0 radical (unpaired) electrons. The minimum Gasteiger partial charge on any atom is -0.0805 e. The second-order valence-corrected chi connectivity index (χ2v) is 5.15. The van der Waals surface area contributed by atoms with Gasteiger partial charge < -0.3 is 0 Å². The van der Waals surface area contributed by atoms with E-state index in [-0.39, 0.29) is 0 Å². The van der Waals surface area contributed by atoms with Crippen LogP contribution in [0.1, 0.15) is 41.0 Å². The van der Waals surface area contributed by atoms with Gasteiger partial charge in [-0.1, -0.05) is 48.1 Å². The van der Waals surface area contributed by atoms with E-state index in [1.165, 1.54) is 23.1 Å². The van der Waals surface area contributed by atoms with E-state index in [0.717, 1.165) is 6.42 Å². The number of hydrogen-bond acceptors (Lipinski definition) is 0. The van der Waals surface area contributed by atoms with Crippen LogP contribution in [0.2, 0.25) is 0 Å². The SMILES string of the molecule is Cc1ccc(C)c2c1C=CC2CC1=CC=CC1. The highest BCUT2D eigenvalue weighted by atomic mass is 14.3. The van der Waals surface area contributed by atoms with Gasteiger partial charge in [-0.25, -0.2) is 0 Å². The average Bonchev–Trinajstić information content (AvgIpc) is 2.94. The van der Waals surface area contributed by atoms with Crippen molar-refractivity contribution in [3.8, 4) is 0 Å². The Morgan fingerprint density at radius 1 is 1.18 bits per heavy atom. The van der Waals surface area contributed by atoms with Crippen LogP contribution in [0.5, 0.6) is 0 Å². The zero-order valence-electron chi connectivity index (χ0n) is 10.5. The van der Waals surface area contributed by atoms with E-state index in [1.54, 1.807) is 11.1 Å². The predicted molar refractivity (Wildman–Crippen MR) is 74.1 cm³/mol. The molecule has 86 valence electrons. The zero-order valence-corrected chi connectivity index (χ0v) is 10.5. The van der Waals surface area contributed by atoms with E-state index in [1.807, 2.05) is 0 Å². The highest BCUT2D eigenvalue weighted by Gasteiger charge is 2.21. The number of aryl methyl sites for hydroxylation is 2. The molecule has 2 aliphatic rings. The van der Waals surface area contributed by atoms with Gasteiger partial charge in [-0.2, -0.15) is 0 Å². The fourth-order valence-electron chi connectivity index (χ4n) is 2.97. The maximum atomic E-state index is 2.38. The summed E-state index contributed by atoms with van der Waals surface area (Å²) in [5.41, 5.74) is 7.42. The van der Waals surface area contributed by atoms with Crippen LogP contribution in [0.25, 0.3) is 6.08 Å².